The summed E-state index contributed by atoms with van der Waals surface area (Å²) in [5.41, 5.74) is 5.04. The molecule has 0 aliphatic heterocycles. The van der Waals surface area contributed by atoms with Crippen LogP contribution < -0.4 is 0 Å². The maximum absolute atomic E-state index is 11.3. The predicted molar refractivity (Wildman–Crippen MR) is 119 cm³/mol. The van der Waals surface area contributed by atoms with Crippen molar-refractivity contribution in [1.29, 1.82) is 0 Å². The Bertz CT molecular complexity index is 1130. The second-order valence-electron chi connectivity index (χ2n) is 10.5. The second-order valence-corrected chi connectivity index (χ2v) is 10.5. The number of aliphatic hydroxyl groups is 2. The van der Waals surface area contributed by atoms with Gasteiger partial charge in [0.05, 0.1) is 0 Å². The van der Waals surface area contributed by atoms with E-state index in [1.54, 1.807) is 0 Å². The number of allylic oxidation sites excluding steroid dienone is 2. The van der Waals surface area contributed by atoms with Gasteiger partial charge in [-0.05, 0) is 89.2 Å². The van der Waals surface area contributed by atoms with Crippen molar-refractivity contribution in [1.82, 2.24) is 0 Å². The third-order valence-electron chi connectivity index (χ3n) is 9.73. The Morgan fingerprint density at radius 3 is 2.10 bits per heavy atom. The number of aliphatic hydroxyl groups excluding tert-OH is 2. The normalized spacial score (nSPS) is 40.1. The van der Waals surface area contributed by atoms with E-state index in [4.69, 9.17) is 0 Å². The van der Waals surface area contributed by atoms with Crippen LogP contribution in [0.15, 0.2) is 60.0 Å². The minimum atomic E-state index is 0.0238. The van der Waals surface area contributed by atoms with E-state index in [0.29, 0.717) is 17.4 Å². The lowest BCUT2D eigenvalue weighted by molar-refractivity contribution is -0.0244. The monoisotopic (exact) mass is 396 g/mol. The van der Waals surface area contributed by atoms with Gasteiger partial charge in [-0.15, -0.1) is 0 Å². The van der Waals surface area contributed by atoms with Gasteiger partial charge in [0.15, 0.2) is 0 Å². The van der Waals surface area contributed by atoms with E-state index >= 15 is 0 Å². The molecule has 3 fully saturated rings. The maximum Gasteiger partial charge on any atom is 0.101 e. The summed E-state index contributed by atoms with van der Waals surface area (Å²) in [5, 5.41) is 22.7. The zero-order chi connectivity index (χ0) is 20.1. The number of rotatable bonds is 2. The molecule has 6 unspecified atom stereocenters. The van der Waals surface area contributed by atoms with Crippen LogP contribution in [0.3, 0.4) is 0 Å². The number of hydrogen-bond donors (Lipinski definition) is 2. The third-order valence-corrected chi connectivity index (χ3v) is 9.73. The molecule has 2 bridgehead atoms. The molecule has 0 aromatic heterocycles. The lowest BCUT2D eigenvalue weighted by Gasteiger charge is -2.55. The van der Waals surface area contributed by atoms with Gasteiger partial charge in [-0.25, -0.2) is 0 Å². The van der Waals surface area contributed by atoms with Crippen LogP contribution in [0.4, 0.5) is 0 Å². The van der Waals surface area contributed by atoms with E-state index in [-0.39, 0.29) is 22.7 Å². The highest BCUT2D eigenvalue weighted by atomic mass is 16.3. The first-order valence-corrected chi connectivity index (χ1v) is 11.6. The van der Waals surface area contributed by atoms with Gasteiger partial charge in [-0.1, -0.05) is 55.0 Å². The van der Waals surface area contributed by atoms with Crippen molar-refractivity contribution < 1.29 is 10.2 Å². The summed E-state index contributed by atoms with van der Waals surface area (Å²) in [5.74, 6) is 2.64. The summed E-state index contributed by atoms with van der Waals surface area (Å²) >= 11 is 0. The van der Waals surface area contributed by atoms with E-state index in [1.807, 2.05) is 12.2 Å². The van der Waals surface area contributed by atoms with E-state index < -0.39 is 0 Å². The molecule has 0 spiro atoms. The fourth-order valence-corrected chi connectivity index (χ4v) is 9.13. The van der Waals surface area contributed by atoms with Crippen molar-refractivity contribution in [3.63, 3.8) is 0 Å². The summed E-state index contributed by atoms with van der Waals surface area (Å²) in [7, 11) is 0. The zero-order valence-electron chi connectivity index (χ0n) is 17.2. The molecular formula is C28H28O2. The minimum Gasteiger partial charge on any atom is -0.512 e. The van der Waals surface area contributed by atoms with Gasteiger partial charge in [0.2, 0.25) is 0 Å². The topological polar surface area (TPSA) is 40.5 Å². The molecule has 2 heteroatoms. The van der Waals surface area contributed by atoms with Gasteiger partial charge < -0.3 is 10.2 Å². The quantitative estimate of drug-likeness (QED) is 0.576. The van der Waals surface area contributed by atoms with E-state index in [0.717, 1.165) is 18.8 Å². The highest BCUT2D eigenvalue weighted by molar-refractivity contribution is 5.68. The molecule has 2 aromatic carbocycles. The average molecular weight is 397 g/mol. The molecule has 5 aliphatic carbocycles. The summed E-state index contributed by atoms with van der Waals surface area (Å²) < 4.78 is 0. The summed E-state index contributed by atoms with van der Waals surface area (Å²) in [6.07, 6.45) is 11.3. The van der Waals surface area contributed by atoms with Crippen LogP contribution in [0.1, 0.15) is 72.6 Å². The maximum atomic E-state index is 11.3. The molecule has 30 heavy (non-hydrogen) atoms. The lowest BCUT2D eigenvalue weighted by Crippen LogP contribution is -2.49. The average Bonchev–Trinajstić information content (AvgIpc) is 3.51. The van der Waals surface area contributed by atoms with Crippen molar-refractivity contribution >= 4 is 12.2 Å². The van der Waals surface area contributed by atoms with Gasteiger partial charge >= 0.3 is 0 Å². The first-order chi connectivity index (χ1) is 14.7. The zero-order valence-corrected chi connectivity index (χ0v) is 17.2. The lowest BCUT2D eigenvalue weighted by atomic mass is 9.48. The molecule has 2 nitrogen and oxygen atoms in total. The standard InChI is InChI=1S/C28H28O2/c29-23-14-17-6-1-3-8-20(17)25(23)27-13-11-19(16-27)22-10-5-12-28(22,27)26-21-9-4-2-7-18(21)15-24(26)30/h1-4,6-9,14-15,19,22,25-26,29-30H,5,10-13,16H2. The second kappa shape index (κ2) is 5.60. The molecule has 6 atom stereocenters. The van der Waals surface area contributed by atoms with E-state index in [2.05, 4.69) is 48.5 Å². The van der Waals surface area contributed by atoms with Crippen molar-refractivity contribution in [3.8, 4) is 0 Å². The molecule has 0 radical (unpaired) electrons. The highest BCUT2D eigenvalue weighted by Gasteiger charge is 2.74. The smallest absolute Gasteiger partial charge is 0.101 e. The fraction of sp³-hybridized carbons (Fsp3) is 0.429. The van der Waals surface area contributed by atoms with Gasteiger partial charge in [0.25, 0.3) is 0 Å². The van der Waals surface area contributed by atoms with Crippen LogP contribution in [0.2, 0.25) is 0 Å². The molecule has 2 aromatic rings. The Kier molecular flexibility index (Phi) is 3.22. The molecule has 0 heterocycles. The Morgan fingerprint density at radius 2 is 1.37 bits per heavy atom. The fourth-order valence-electron chi connectivity index (χ4n) is 9.13. The van der Waals surface area contributed by atoms with Crippen molar-refractivity contribution in [3.05, 3.63) is 82.3 Å². The molecule has 0 amide bonds. The summed E-state index contributed by atoms with van der Waals surface area (Å²) in [6, 6.07) is 17.2. The summed E-state index contributed by atoms with van der Waals surface area (Å²) in [6.45, 7) is 0. The molecular weight excluding hydrogens is 368 g/mol. The van der Waals surface area contributed by atoms with Crippen molar-refractivity contribution in [2.45, 2.75) is 50.4 Å². The largest absolute Gasteiger partial charge is 0.512 e. The van der Waals surface area contributed by atoms with Gasteiger partial charge in [0, 0.05) is 11.8 Å². The van der Waals surface area contributed by atoms with Crippen LogP contribution in [-0.4, -0.2) is 10.2 Å². The predicted octanol–water partition coefficient (Wildman–Crippen LogP) is 6.97. The van der Waals surface area contributed by atoms with Crippen molar-refractivity contribution in [2.75, 3.05) is 0 Å². The molecule has 5 aliphatic rings. The molecule has 7 rings (SSSR count). The Hall–Kier alpha value is -2.48. The van der Waals surface area contributed by atoms with Crippen molar-refractivity contribution in [2.24, 2.45) is 22.7 Å². The van der Waals surface area contributed by atoms with Gasteiger partial charge in [-0.3, -0.25) is 0 Å². The minimum absolute atomic E-state index is 0.0238. The van der Waals surface area contributed by atoms with E-state index in [1.165, 1.54) is 47.9 Å². The number of hydrogen-bond acceptors (Lipinski definition) is 2. The van der Waals surface area contributed by atoms with Crippen LogP contribution in [0.5, 0.6) is 0 Å². The summed E-state index contributed by atoms with van der Waals surface area (Å²) in [4.78, 5) is 0. The number of fused-ring (bicyclic) bond motifs is 7. The molecule has 3 saturated carbocycles. The third kappa shape index (κ3) is 1.79. The van der Waals surface area contributed by atoms with E-state index in [9.17, 15) is 10.2 Å². The highest BCUT2D eigenvalue weighted by Crippen LogP contribution is 2.82. The van der Waals surface area contributed by atoms with Crippen LogP contribution >= 0.6 is 0 Å². The SMILES string of the molecule is OC1=Cc2ccccc2C1C12CCC(C1)C1CCCC12C1C(O)=Cc2ccccc21. The van der Waals surface area contributed by atoms with Gasteiger partial charge in [0.1, 0.15) is 11.5 Å². The van der Waals surface area contributed by atoms with Crippen LogP contribution in [0, 0.1) is 22.7 Å². The Balaban J connectivity index is 1.48. The van der Waals surface area contributed by atoms with Gasteiger partial charge in [-0.2, -0.15) is 0 Å². The number of benzene rings is 2. The Labute approximate surface area is 178 Å². The first kappa shape index (κ1) is 17.2. The Morgan fingerprint density at radius 1 is 0.733 bits per heavy atom. The molecule has 2 N–H and O–H groups in total. The van der Waals surface area contributed by atoms with Crippen LogP contribution in [-0.2, 0) is 0 Å². The first-order valence-electron chi connectivity index (χ1n) is 11.6. The van der Waals surface area contributed by atoms with Crippen LogP contribution in [0.25, 0.3) is 12.2 Å². The molecule has 152 valence electrons. The molecule has 0 saturated heterocycles.